The lowest BCUT2D eigenvalue weighted by atomic mass is 9.88. The van der Waals surface area contributed by atoms with Crippen molar-refractivity contribution in [3.8, 4) is 57.5 Å². The number of benzene rings is 12. The third-order valence-corrected chi connectivity index (χ3v) is 17.7. The fraction of sp³-hybridized carbons (Fsp3) is 0.172. The number of hydrogen-bond acceptors (Lipinski definition) is 12. The Morgan fingerprint density at radius 2 is 0.485 bits per heavy atom. The molecule has 12 heteroatoms. The van der Waals surface area contributed by atoms with E-state index < -0.39 is 24.4 Å². The fourth-order valence-corrected chi connectivity index (χ4v) is 12.5. The van der Waals surface area contributed by atoms with Gasteiger partial charge in [0.1, 0.15) is 99.6 Å². The Morgan fingerprint density at radius 1 is 0.253 bits per heavy atom. The van der Waals surface area contributed by atoms with Gasteiger partial charge in [-0.15, -0.1) is 0 Å². The van der Waals surface area contributed by atoms with E-state index in [9.17, 15) is 10.2 Å². The molecule has 14 rings (SSSR count). The molecule has 2 N–H and O–H groups in total. The van der Waals surface area contributed by atoms with Crippen molar-refractivity contribution in [3.05, 3.63) is 369 Å². The Morgan fingerprint density at radius 3 is 0.747 bits per heavy atom. The molecule has 2 aliphatic rings. The van der Waals surface area contributed by atoms with Gasteiger partial charge in [0, 0.05) is 53.6 Å². The third kappa shape index (κ3) is 16.4. The zero-order valence-electron chi connectivity index (χ0n) is 54.8. The van der Waals surface area contributed by atoms with Crippen LogP contribution < -0.4 is 47.4 Å². The molecule has 2 heterocycles. The average molecular weight is 1310 g/mol. The van der Waals surface area contributed by atoms with E-state index in [4.69, 9.17) is 47.4 Å². The van der Waals surface area contributed by atoms with E-state index in [0.717, 1.165) is 44.5 Å². The normalized spacial score (nSPS) is 15.2. The lowest BCUT2D eigenvalue weighted by Crippen LogP contribution is -2.32. The molecule has 0 radical (unpaired) electrons. The number of ether oxygens (including phenoxy) is 10. The van der Waals surface area contributed by atoms with Gasteiger partial charge in [-0.3, -0.25) is 0 Å². The maximum atomic E-state index is 12.7. The van der Waals surface area contributed by atoms with Crippen molar-refractivity contribution in [2.45, 2.75) is 96.5 Å². The van der Waals surface area contributed by atoms with Crippen LogP contribution in [0.3, 0.4) is 0 Å². The summed E-state index contributed by atoms with van der Waals surface area (Å²) in [4.78, 5) is 0. The highest BCUT2D eigenvalue weighted by atomic mass is 16.5. The van der Waals surface area contributed by atoms with Crippen LogP contribution in [0.25, 0.3) is 0 Å². The van der Waals surface area contributed by atoms with Gasteiger partial charge in [0.25, 0.3) is 0 Å². The SMILES string of the molecule is O[C@H]1Cc2c(OCc3ccccc3)cc(OCc3ccccc3)c(Cc3c(OCc4ccccc4)cc(OCc4ccccc4)c4c3O[C@H](c3ccc(OCc5ccccc5)c(OCc5ccccc5)c3)[C@@H](O)C4)c2O[C@@H]1c1ccc(OCc2ccccc2)c(OCc2ccccc2)c1. The number of aliphatic hydroxyl groups excluding tert-OH is 2. The van der Waals surface area contributed by atoms with Crippen LogP contribution in [0.2, 0.25) is 0 Å². The molecule has 496 valence electrons. The molecule has 0 spiro atoms. The summed E-state index contributed by atoms with van der Waals surface area (Å²) in [6, 6.07) is 95.2. The van der Waals surface area contributed by atoms with E-state index in [1.54, 1.807) is 0 Å². The van der Waals surface area contributed by atoms with Crippen molar-refractivity contribution >= 4 is 0 Å². The van der Waals surface area contributed by atoms with Crippen molar-refractivity contribution in [1.82, 2.24) is 0 Å². The molecule has 0 unspecified atom stereocenters. The molecule has 0 aliphatic carbocycles. The zero-order valence-corrected chi connectivity index (χ0v) is 54.8. The van der Waals surface area contributed by atoms with Gasteiger partial charge in [0.05, 0.1) is 12.2 Å². The largest absolute Gasteiger partial charge is 0.488 e. The molecule has 0 aromatic heterocycles. The van der Waals surface area contributed by atoms with Crippen LogP contribution in [-0.2, 0) is 72.1 Å². The first-order valence-corrected chi connectivity index (χ1v) is 33.6. The molecule has 0 bridgehead atoms. The standard InChI is InChI=1S/C87H76O12/c88-74-48-72-80(94-56-64-33-17-5-18-34-64)50-78(92-54-62-29-13-3-14-30-62)70(86(72)98-84(74)68-41-43-76(90-52-60-25-9-1-10-26-60)82(45-68)96-58-66-37-21-7-22-38-66)47-71-79(93-55-63-31-15-4-16-32-63)51-81(95-57-65-35-19-6-20-36-65)73-49-75(89)85(99-87(71)73)69-42-44-77(91-53-61-27-11-2-12-28-61)83(46-69)97-59-67-39-23-8-24-40-67/h1-46,50-51,74-75,84-85,88-89H,47-49,52-59H2/t74-,75-,84+,85+/m0/s1. The lowest BCUT2D eigenvalue weighted by molar-refractivity contribution is 0.0176. The second kappa shape index (κ2) is 31.6. The van der Waals surface area contributed by atoms with Crippen LogP contribution in [0.5, 0.6) is 57.5 Å². The maximum absolute atomic E-state index is 12.7. The van der Waals surface area contributed by atoms with Crippen molar-refractivity contribution in [1.29, 1.82) is 0 Å². The molecule has 0 saturated heterocycles. The smallest absolute Gasteiger partial charge is 0.162 e. The first-order valence-electron chi connectivity index (χ1n) is 33.6. The minimum absolute atomic E-state index is 0.0951. The summed E-state index contributed by atoms with van der Waals surface area (Å²) in [6.07, 6.45) is -3.65. The van der Waals surface area contributed by atoms with Gasteiger partial charge in [-0.2, -0.15) is 0 Å². The van der Waals surface area contributed by atoms with Crippen LogP contribution in [0, 0.1) is 0 Å². The molecule has 0 saturated carbocycles. The molecule has 12 nitrogen and oxygen atoms in total. The van der Waals surface area contributed by atoms with Gasteiger partial charge in [-0.25, -0.2) is 0 Å². The summed E-state index contributed by atoms with van der Waals surface area (Å²) < 4.78 is 69.3. The van der Waals surface area contributed by atoms with Crippen LogP contribution in [0.15, 0.2) is 291 Å². The first-order chi connectivity index (χ1) is 48.9. The van der Waals surface area contributed by atoms with Crippen molar-refractivity contribution < 1.29 is 57.6 Å². The predicted molar refractivity (Wildman–Crippen MR) is 381 cm³/mol. The van der Waals surface area contributed by atoms with Gasteiger partial charge in [0.15, 0.2) is 23.0 Å². The van der Waals surface area contributed by atoms with Crippen LogP contribution in [0.4, 0.5) is 0 Å². The molecular weight excluding hydrogens is 1240 g/mol. The Hall–Kier alpha value is -11.4. The van der Waals surface area contributed by atoms with Crippen molar-refractivity contribution in [3.63, 3.8) is 0 Å². The number of aliphatic hydroxyl groups is 2. The summed E-state index contributed by atoms with van der Waals surface area (Å²) in [5.41, 5.74) is 11.6. The van der Waals surface area contributed by atoms with E-state index in [0.29, 0.717) is 104 Å². The lowest BCUT2D eigenvalue weighted by Gasteiger charge is -2.36. The minimum atomic E-state index is -1.07. The van der Waals surface area contributed by atoms with E-state index >= 15 is 0 Å². The van der Waals surface area contributed by atoms with Gasteiger partial charge in [-0.1, -0.05) is 255 Å². The van der Waals surface area contributed by atoms with E-state index in [1.807, 2.05) is 291 Å². The summed E-state index contributed by atoms with van der Waals surface area (Å²) >= 11 is 0. The topological polar surface area (TPSA) is 133 Å². The van der Waals surface area contributed by atoms with Crippen molar-refractivity contribution in [2.24, 2.45) is 0 Å². The van der Waals surface area contributed by atoms with E-state index in [-0.39, 0.29) is 58.9 Å². The highest BCUT2D eigenvalue weighted by Crippen LogP contribution is 2.53. The zero-order chi connectivity index (χ0) is 67.0. The van der Waals surface area contributed by atoms with Crippen LogP contribution in [-0.4, -0.2) is 22.4 Å². The van der Waals surface area contributed by atoms with Crippen molar-refractivity contribution in [2.75, 3.05) is 0 Å². The van der Waals surface area contributed by atoms with Gasteiger partial charge < -0.3 is 57.6 Å². The molecule has 12 aromatic carbocycles. The molecule has 0 fully saturated rings. The molecule has 0 amide bonds. The summed E-state index contributed by atoms with van der Waals surface area (Å²) in [7, 11) is 0. The van der Waals surface area contributed by atoms with Crippen LogP contribution in [0.1, 0.15) is 90.1 Å². The van der Waals surface area contributed by atoms with E-state index in [1.165, 1.54) is 0 Å². The summed E-state index contributed by atoms with van der Waals surface area (Å²) in [5.74, 6) is 4.88. The quantitative estimate of drug-likeness (QED) is 0.0484. The second-order valence-electron chi connectivity index (χ2n) is 24.7. The predicted octanol–water partition coefficient (Wildman–Crippen LogP) is 18.0. The number of rotatable bonds is 28. The molecule has 99 heavy (non-hydrogen) atoms. The van der Waals surface area contributed by atoms with Gasteiger partial charge >= 0.3 is 0 Å². The summed E-state index contributed by atoms with van der Waals surface area (Å²) in [6.45, 7) is 1.98. The second-order valence-corrected chi connectivity index (χ2v) is 24.7. The van der Waals surface area contributed by atoms with E-state index in [2.05, 4.69) is 0 Å². The minimum Gasteiger partial charge on any atom is -0.488 e. The van der Waals surface area contributed by atoms with Gasteiger partial charge in [0.2, 0.25) is 0 Å². The van der Waals surface area contributed by atoms with Gasteiger partial charge in [-0.05, 0) is 79.9 Å². The number of fused-ring (bicyclic) bond motifs is 2. The van der Waals surface area contributed by atoms with Crippen LogP contribution >= 0.6 is 0 Å². The highest BCUT2D eigenvalue weighted by molar-refractivity contribution is 5.66. The maximum Gasteiger partial charge on any atom is 0.162 e. The molecule has 12 aromatic rings. The Bertz CT molecular complexity index is 4270. The highest BCUT2D eigenvalue weighted by Gasteiger charge is 2.40. The fourth-order valence-electron chi connectivity index (χ4n) is 12.5. The summed E-state index contributed by atoms with van der Waals surface area (Å²) in [5, 5.41) is 25.5. The number of hydrogen-bond donors (Lipinski definition) is 2. The monoisotopic (exact) mass is 1310 g/mol. The molecule has 4 atom stereocenters. The Labute approximate surface area is 577 Å². The third-order valence-electron chi connectivity index (χ3n) is 17.7. The molecular formula is C87H76O12. The molecule has 2 aliphatic heterocycles. The first kappa shape index (κ1) is 64.9. The average Bonchev–Trinajstić information content (AvgIpc) is 0.750. The Kier molecular flexibility index (Phi) is 20.7. The Balaban J connectivity index is 0.917.